The minimum atomic E-state index is -0.698. The maximum absolute atomic E-state index is 9.59. The molecule has 0 unspecified atom stereocenters. The van der Waals surface area contributed by atoms with Crippen LogP contribution in [0.25, 0.3) is 0 Å². The van der Waals surface area contributed by atoms with E-state index in [1.807, 2.05) is 18.2 Å². The predicted octanol–water partition coefficient (Wildman–Crippen LogP) is 2.80. The summed E-state index contributed by atoms with van der Waals surface area (Å²) >= 11 is 0. The van der Waals surface area contributed by atoms with E-state index in [2.05, 4.69) is 6.92 Å². The third-order valence-corrected chi connectivity index (χ3v) is 2.61. The van der Waals surface area contributed by atoms with Crippen LogP contribution in [0.5, 0.6) is 11.5 Å². The fourth-order valence-corrected chi connectivity index (χ4v) is 1.46. The average molecular weight is 238 g/mol. The molecule has 1 rings (SSSR count). The number of methoxy groups -OCH3 is 1. The van der Waals surface area contributed by atoms with Crippen molar-refractivity contribution in [2.75, 3.05) is 13.7 Å². The van der Waals surface area contributed by atoms with Gasteiger partial charge in [0.15, 0.2) is 11.5 Å². The monoisotopic (exact) mass is 238 g/mol. The summed E-state index contributed by atoms with van der Waals surface area (Å²) in [5, 5.41) is 9.59. The van der Waals surface area contributed by atoms with Gasteiger partial charge in [0.2, 0.25) is 0 Å². The van der Waals surface area contributed by atoms with Gasteiger partial charge in [0.1, 0.15) is 0 Å². The fourth-order valence-electron chi connectivity index (χ4n) is 1.46. The zero-order valence-electron chi connectivity index (χ0n) is 11.1. The second kappa shape index (κ2) is 5.92. The smallest absolute Gasteiger partial charge is 0.161 e. The lowest BCUT2D eigenvalue weighted by Crippen LogP contribution is -2.21. The van der Waals surface area contributed by atoms with E-state index in [0.29, 0.717) is 13.0 Å². The molecule has 0 heterocycles. The minimum Gasteiger partial charge on any atom is -0.493 e. The third-order valence-electron chi connectivity index (χ3n) is 2.61. The summed E-state index contributed by atoms with van der Waals surface area (Å²) in [5.74, 6) is 1.48. The van der Waals surface area contributed by atoms with Gasteiger partial charge in [-0.15, -0.1) is 0 Å². The molecule has 0 saturated heterocycles. The maximum atomic E-state index is 9.59. The van der Waals surface area contributed by atoms with E-state index in [4.69, 9.17) is 9.47 Å². The van der Waals surface area contributed by atoms with E-state index >= 15 is 0 Å². The van der Waals surface area contributed by atoms with Crippen LogP contribution in [0.1, 0.15) is 32.8 Å². The lowest BCUT2D eigenvalue weighted by Gasteiger charge is -2.18. The van der Waals surface area contributed by atoms with Gasteiger partial charge in [0, 0.05) is 6.42 Å². The van der Waals surface area contributed by atoms with Crippen LogP contribution >= 0.6 is 0 Å². The van der Waals surface area contributed by atoms with Crippen molar-refractivity contribution in [3.8, 4) is 11.5 Å². The Labute approximate surface area is 103 Å². The minimum absolute atomic E-state index is 0.478. The van der Waals surface area contributed by atoms with Crippen LogP contribution in [0.3, 0.4) is 0 Å². The highest BCUT2D eigenvalue weighted by Gasteiger charge is 2.13. The molecule has 1 aromatic rings. The van der Waals surface area contributed by atoms with Gasteiger partial charge in [-0.3, -0.25) is 0 Å². The van der Waals surface area contributed by atoms with E-state index in [9.17, 15) is 5.11 Å². The number of rotatable bonds is 6. The standard InChI is InChI=1S/C14H22O3/c1-5-11-6-7-12(13(10-11)16-4)17-9-8-14(2,3)15/h6-7,10,15H,5,8-9H2,1-4H3. The summed E-state index contributed by atoms with van der Waals surface area (Å²) in [6.07, 6.45) is 1.56. The predicted molar refractivity (Wildman–Crippen MR) is 68.8 cm³/mol. The van der Waals surface area contributed by atoms with Gasteiger partial charge in [0.25, 0.3) is 0 Å². The van der Waals surface area contributed by atoms with Gasteiger partial charge < -0.3 is 14.6 Å². The van der Waals surface area contributed by atoms with Crippen molar-refractivity contribution < 1.29 is 14.6 Å². The molecule has 0 fully saturated rings. The zero-order valence-corrected chi connectivity index (χ0v) is 11.1. The number of benzene rings is 1. The first-order valence-corrected chi connectivity index (χ1v) is 5.98. The Balaban J connectivity index is 2.64. The molecule has 1 aromatic carbocycles. The molecule has 0 saturated carbocycles. The fraction of sp³-hybridized carbons (Fsp3) is 0.571. The van der Waals surface area contributed by atoms with Crippen LogP contribution in [0, 0.1) is 0 Å². The highest BCUT2D eigenvalue weighted by atomic mass is 16.5. The second-order valence-electron chi connectivity index (χ2n) is 4.75. The van der Waals surface area contributed by atoms with Crippen LogP contribution in [0.2, 0.25) is 0 Å². The van der Waals surface area contributed by atoms with Gasteiger partial charge in [-0.05, 0) is 38.0 Å². The normalized spacial score (nSPS) is 11.4. The molecular formula is C14H22O3. The topological polar surface area (TPSA) is 38.7 Å². The van der Waals surface area contributed by atoms with Gasteiger partial charge in [-0.25, -0.2) is 0 Å². The van der Waals surface area contributed by atoms with Crippen LogP contribution in [-0.2, 0) is 6.42 Å². The molecule has 0 aliphatic rings. The first-order valence-electron chi connectivity index (χ1n) is 5.98. The third kappa shape index (κ3) is 4.65. The maximum Gasteiger partial charge on any atom is 0.161 e. The molecule has 0 aliphatic carbocycles. The number of aliphatic hydroxyl groups is 1. The van der Waals surface area contributed by atoms with Crippen molar-refractivity contribution in [2.24, 2.45) is 0 Å². The first-order chi connectivity index (χ1) is 7.96. The van der Waals surface area contributed by atoms with Gasteiger partial charge in [-0.2, -0.15) is 0 Å². The Bertz CT molecular complexity index is 353. The van der Waals surface area contributed by atoms with E-state index in [1.165, 1.54) is 5.56 Å². The van der Waals surface area contributed by atoms with Crippen molar-refractivity contribution in [2.45, 2.75) is 39.2 Å². The SMILES string of the molecule is CCc1ccc(OCCC(C)(C)O)c(OC)c1. The molecular weight excluding hydrogens is 216 g/mol. The molecule has 1 N–H and O–H groups in total. The summed E-state index contributed by atoms with van der Waals surface area (Å²) < 4.78 is 10.9. The number of ether oxygens (including phenoxy) is 2. The first kappa shape index (κ1) is 13.8. The van der Waals surface area contributed by atoms with Gasteiger partial charge in [0.05, 0.1) is 19.3 Å². The van der Waals surface area contributed by atoms with E-state index in [1.54, 1.807) is 21.0 Å². The van der Waals surface area contributed by atoms with E-state index < -0.39 is 5.60 Å². The molecule has 0 bridgehead atoms. The molecule has 17 heavy (non-hydrogen) atoms. The quantitative estimate of drug-likeness (QED) is 0.828. The number of hydrogen-bond donors (Lipinski definition) is 1. The zero-order chi connectivity index (χ0) is 12.9. The summed E-state index contributed by atoms with van der Waals surface area (Å²) in [6.45, 7) is 6.12. The van der Waals surface area contributed by atoms with E-state index in [-0.39, 0.29) is 0 Å². The van der Waals surface area contributed by atoms with Gasteiger partial charge >= 0.3 is 0 Å². The van der Waals surface area contributed by atoms with Crippen molar-refractivity contribution >= 4 is 0 Å². The molecule has 0 atom stereocenters. The summed E-state index contributed by atoms with van der Waals surface area (Å²) in [5.41, 5.74) is 0.521. The Morgan fingerprint density at radius 3 is 2.47 bits per heavy atom. The molecule has 0 amide bonds. The van der Waals surface area contributed by atoms with Crippen molar-refractivity contribution in [1.82, 2.24) is 0 Å². The summed E-state index contributed by atoms with van der Waals surface area (Å²) in [4.78, 5) is 0. The highest BCUT2D eigenvalue weighted by molar-refractivity contribution is 5.42. The molecule has 3 nitrogen and oxygen atoms in total. The summed E-state index contributed by atoms with van der Waals surface area (Å²) in [6, 6.07) is 5.93. The highest BCUT2D eigenvalue weighted by Crippen LogP contribution is 2.28. The Hall–Kier alpha value is -1.22. The van der Waals surface area contributed by atoms with Crippen LogP contribution in [0.15, 0.2) is 18.2 Å². The molecule has 0 aliphatic heterocycles. The van der Waals surface area contributed by atoms with Gasteiger partial charge in [-0.1, -0.05) is 13.0 Å². The Kier molecular flexibility index (Phi) is 4.82. The molecule has 0 spiro atoms. The van der Waals surface area contributed by atoms with Crippen molar-refractivity contribution in [3.05, 3.63) is 23.8 Å². The lowest BCUT2D eigenvalue weighted by atomic mass is 10.1. The molecule has 96 valence electrons. The molecule has 0 radical (unpaired) electrons. The average Bonchev–Trinajstić information content (AvgIpc) is 2.27. The van der Waals surface area contributed by atoms with Crippen molar-refractivity contribution in [3.63, 3.8) is 0 Å². The van der Waals surface area contributed by atoms with Crippen LogP contribution in [-0.4, -0.2) is 24.4 Å². The number of aryl methyl sites for hydroxylation is 1. The van der Waals surface area contributed by atoms with Crippen LogP contribution in [0.4, 0.5) is 0 Å². The molecule has 0 aromatic heterocycles. The van der Waals surface area contributed by atoms with E-state index in [0.717, 1.165) is 17.9 Å². The molecule has 3 heteroatoms. The second-order valence-corrected chi connectivity index (χ2v) is 4.75. The Morgan fingerprint density at radius 1 is 1.24 bits per heavy atom. The Morgan fingerprint density at radius 2 is 1.94 bits per heavy atom. The van der Waals surface area contributed by atoms with Crippen molar-refractivity contribution in [1.29, 1.82) is 0 Å². The summed E-state index contributed by atoms with van der Waals surface area (Å²) in [7, 11) is 1.64. The lowest BCUT2D eigenvalue weighted by molar-refractivity contribution is 0.0549. The number of hydrogen-bond acceptors (Lipinski definition) is 3. The van der Waals surface area contributed by atoms with Crippen LogP contribution < -0.4 is 9.47 Å². The largest absolute Gasteiger partial charge is 0.493 e.